The number of carbonyl (C=O) groups is 1. The van der Waals surface area contributed by atoms with E-state index in [2.05, 4.69) is 10.3 Å². The number of nitrogens with zero attached hydrogens (tertiary/aromatic N) is 3. The molecule has 0 saturated heterocycles. The third-order valence-corrected chi connectivity index (χ3v) is 2.65. The molecule has 0 radical (unpaired) electrons. The van der Waals surface area contributed by atoms with E-state index in [1.54, 1.807) is 10.7 Å². The molecule has 2 rings (SSSR count). The summed E-state index contributed by atoms with van der Waals surface area (Å²) < 4.78 is 1.65. The van der Waals surface area contributed by atoms with Crippen LogP contribution in [0.1, 0.15) is 29.4 Å². The van der Waals surface area contributed by atoms with Crippen LogP contribution in [0, 0.1) is 0 Å². The van der Waals surface area contributed by atoms with Gasteiger partial charge in [0.05, 0.1) is 6.20 Å². The maximum atomic E-state index is 12.1. The lowest BCUT2D eigenvalue weighted by Crippen LogP contribution is -2.12. The zero-order valence-corrected chi connectivity index (χ0v) is 10.3. The lowest BCUT2D eigenvalue weighted by Gasteiger charge is -2.04. The van der Waals surface area contributed by atoms with Gasteiger partial charge in [0.1, 0.15) is 5.69 Å². The number of aromatic nitrogens is 3. The van der Waals surface area contributed by atoms with E-state index in [9.17, 15) is 4.79 Å². The Morgan fingerprint density at radius 2 is 2.28 bits per heavy atom. The van der Waals surface area contributed by atoms with Crippen molar-refractivity contribution in [2.75, 3.05) is 5.73 Å². The Hall–Kier alpha value is -2.17. The number of anilines is 1. The second-order valence-electron chi connectivity index (χ2n) is 4.19. The minimum atomic E-state index is 0.0130. The number of ketones is 1. The highest BCUT2D eigenvalue weighted by Gasteiger charge is 2.13. The molecule has 94 valence electrons. The van der Waals surface area contributed by atoms with Gasteiger partial charge < -0.3 is 5.73 Å². The fourth-order valence-corrected chi connectivity index (χ4v) is 1.83. The van der Waals surface area contributed by atoms with E-state index in [1.807, 2.05) is 25.1 Å². The van der Waals surface area contributed by atoms with Crippen molar-refractivity contribution in [3.63, 3.8) is 0 Å². The molecule has 18 heavy (non-hydrogen) atoms. The SMILES string of the molecule is CCCn1nncc1C(=O)Cc1cccc(N)c1. The first-order valence-electron chi connectivity index (χ1n) is 5.97. The molecule has 1 heterocycles. The van der Waals surface area contributed by atoms with Crippen molar-refractivity contribution in [3.05, 3.63) is 41.7 Å². The minimum Gasteiger partial charge on any atom is -0.399 e. The molecular formula is C13H16N4O. The Balaban J connectivity index is 2.14. The van der Waals surface area contributed by atoms with Gasteiger partial charge in [0.25, 0.3) is 0 Å². The number of nitrogen functional groups attached to an aromatic ring is 1. The van der Waals surface area contributed by atoms with Crippen molar-refractivity contribution in [1.82, 2.24) is 15.0 Å². The topological polar surface area (TPSA) is 73.8 Å². The van der Waals surface area contributed by atoms with Crippen LogP contribution in [0.5, 0.6) is 0 Å². The quantitative estimate of drug-likeness (QED) is 0.641. The van der Waals surface area contributed by atoms with E-state index in [0.717, 1.165) is 12.0 Å². The van der Waals surface area contributed by atoms with Gasteiger partial charge in [-0.1, -0.05) is 24.3 Å². The molecular weight excluding hydrogens is 228 g/mol. The summed E-state index contributed by atoms with van der Waals surface area (Å²) in [6.07, 6.45) is 2.76. The van der Waals surface area contributed by atoms with Crippen molar-refractivity contribution >= 4 is 11.5 Å². The zero-order chi connectivity index (χ0) is 13.0. The predicted octanol–water partition coefficient (Wildman–Crippen LogP) is 1.70. The van der Waals surface area contributed by atoms with Crippen LogP contribution in [-0.2, 0) is 13.0 Å². The second-order valence-corrected chi connectivity index (χ2v) is 4.19. The summed E-state index contributed by atoms with van der Waals surface area (Å²) in [6, 6.07) is 7.35. The van der Waals surface area contributed by atoms with Crippen molar-refractivity contribution in [1.29, 1.82) is 0 Å². The van der Waals surface area contributed by atoms with Gasteiger partial charge in [-0.25, -0.2) is 4.68 Å². The molecule has 0 bridgehead atoms. The van der Waals surface area contributed by atoms with Gasteiger partial charge in [-0.2, -0.15) is 0 Å². The Morgan fingerprint density at radius 3 is 3.00 bits per heavy atom. The van der Waals surface area contributed by atoms with Gasteiger partial charge in [0.2, 0.25) is 0 Å². The summed E-state index contributed by atoms with van der Waals surface area (Å²) in [5.74, 6) is 0.0130. The van der Waals surface area contributed by atoms with E-state index in [0.29, 0.717) is 24.3 Å². The van der Waals surface area contributed by atoms with E-state index in [-0.39, 0.29) is 5.78 Å². The first-order chi connectivity index (χ1) is 8.70. The molecule has 0 aliphatic carbocycles. The van der Waals surface area contributed by atoms with Crippen LogP contribution < -0.4 is 5.73 Å². The maximum Gasteiger partial charge on any atom is 0.186 e. The summed E-state index contributed by atoms with van der Waals surface area (Å²) >= 11 is 0. The van der Waals surface area contributed by atoms with Crippen molar-refractivity contribution in [2.45, 2.75) is 26.3 Å². The van der Waals surface area contributed by atoms with Gasteiger partial charge in [0, 0.05) is 18.7 Å². The number of hydrogen-bond donors (Lipinski definition) is 1. The summed E-state index contributed by atoms with van der Waals surface area (Å²) in [7, 11) is 0. The lowest BCUT2D eigenvalue weighted by atomic mass is 10.1. The van der Waals surface area contributed by atoms with Gasteiger partial charge in [-0.15, -0.1) is 5.10 Å². The largest absolute Gasteiger partial charge is 0.399 e. The number of aryl methyl sites for hydroxylation is 1. The highest BCUT2D eigenvalue weighted by atomic mass is 16.1. The molecule has 1 aromatic carbocycles. The summed E-state index contributed by atoms with van der Waals surface area (Å²) in [6.45, 7) is 2.74. The predicted molar refractivity (Wildman–Crippen MR) is 69.2 cm³/mol. The molecule has 0 spiro atoms. The lowest BCUT2D eigenvalue weighted by molar-refractivity contribution is 0.0982. The number of Topliss-reactive ketones (excluding diaryl/α,β-unsaturated/α-hetero) is 1. The molecule has 0 fully saturated rings. The van der Waals surface area contributed by atoms with Crippen LogP contribution in [0.3, 0.4) is 0 Å². The molecule has 5 heteroatoms. The van der Waals surface area contributed by atoms with E-state index in [4.69, 9.17) is 5.73 Å². The van der Waals surface area contributed by atoms with Gasteiger partial charge in [-0.3, -0.25) is 4.79 Å². The van der Waals surface area contributed by atoms with Crippen LogP contribution in [0.2, 0.25) is 0 Å². The first kappa shape index (κ1) is 12.3. The molecule has 0 saturated carbocycles. The van der Waals surface area contributed by atoms with Crippen molar-refractivity contribution in [3.8, 4) is 0 Å². The Bertz CT molecular complexity index is 547. The van der Waals surface area contributed by atoms with Crippen LogP contribution in [0.15, 0.2) is 30.5 Å². The number of nitrogens with two attached hydrogens (primary N) is 1. The third kappa shape index (κ3) is 2.74. The Morgan fingerprint density at radius 1 is 1.44 bits per heavy atom. The molecule has 0 unspecified atom stereocenters. The molecule has 0 amide bonds. The number of carbonyl (C=O) groups excluding carboxylic acids is 1. The van der Waals surface area contributed by atoms with Crippen LogP contribution >= 0.6 is 0 Å². The van der Waals surface area contributed by atoms with E-state index >= 15 is 0 Å². The number of benzene rings is 1. The minimum absolute atomic E-state index is 0.0130. The molecule has 1 aromatic heterocycles. The first-order valence-corrected chi connectivity index (χ1v) is 5.97. The normalized spacial score (nSPS) is 10.5. The summed E-state index contributed by atoms with van der Waals surface area (Å²) in [5, 5.41) is 7.70. The third-order valence-electron chi connectivity index (χ3n) is 2.65. The fraction of sp³-hybridized carbons (Fsp3) is 0.308. The summed E-state index contributed by atoms with van der Waals surface area (Å²) in [5.41, 5.74) is 7.82. The van der Waals surface area contributed by atoms with Crippen LogP contribution in [0.4, 0.5) is 5.69 Å². The average Bonchev–Trinajstić information content (AvgIpc) is 2.78. The highest BCUT2D eigenvalue weighted by Crippen LogP contribution is 2.10. The van der Waals surface area contributed by atoms with Gasteiger partial charge in [0.15, 0.2) is 5.78 Å². The second kappa shape index (κ2) is 5.44. The number of rotatable bonds is 5. The molecule has 0 atom stereocenters. The Labute approximate surface area is 106 Å². The molecule has 0 aliphatic heterocycles. The van der Waals surface area contributed by atoms with Gasteiger partial charge >= 0.3 is 0 Å². The van der Waals surface area contributed by atoms with E-state index < -0.39 is 0 Å². The molecule has 2 N–H and O–H groups in total. The average molecular weight is 244 g/mol. The van der Waals surface area contributed by atoms with Crippen molar-refractivity contribution < 1.29 is 4.79 Å². The maximum absolute atomic E-state index is 12.1. The van der Waals surface area contributed by atoms with E-state index in [1.165, 1.54) is 6.20 Å². The summed E-state index contributed by atoms with van der Waals surface area (Å²) in [4.78, 5) is 12.1. The van der Waals surface area contributed by atoms with Crippen molar-refractivity contribution in [2.24, 2.45) is 0 Å². The standard InChI is InChI=1S/C13H16N4O/c1-2-6-17-12(9-15-16-17)13(18)8-10-4-3-5-11(14)7-10/h3-5,7,9H,2,6,8,14H2,1H3. The Kier molecular flexibility index (Phi) is 3.72. The monoisotopic (exact) mass is 244 g/mol. The smallest absolute Gasteiger partial charge is 0.186 e. The van der Waals surface area contributed by atoms with Gasteiger partial charge in [-0.05, 0) is 24.1 Å². The number of hydrogen-bond acceptors (Lipinski definition) is 4. The zero-order valence-electron chi connectivity index (χ0n) is 10.3. The van der Waals surface area contributed by atoms with Crippen LogP contribution in [-0.4, -0.2) is 20.8 Å². The fourth-order valence-electron chi connectivity index (χ4n) is 1.83. The van der Waals surface area contributed by atoms with Crippen LogP contribution in [0.25, 0.3) is 0 Å². The molecule has 5 nitrogen and oxygen atoms in total. The highest BCUT2D eigenvalue weighted by molar-refractivity contribution is 5.95. The molecule has 2 aromatic rings. The molecule has 0 aliphatic rings.